The Labute approximate surface area is 126 Å². The molecule has 0 amide bonds. The van der Waals surface area contributed by atoms with Crippen LogP contribution in [0.1, 0.15) is 38.8 Å². The summed E-state index contributed by atoms with van der Waals surface area (Å²) in [5, 5.41) is 0. The van der Waals surface area contributed by atoms with Crippen molar-refractivity contribution >= 4 is 0 Å². The van der Waals surface area contributed by atoms with Crippen molar-refractivity contribution in [3.8, 4) is 5.69 Å². The van der Waals surface area contributed by atoms with Crippen LogP contribution >= 0.6 is 0 Å². The van der Waals surface area contributed by atoms with Crippen LogP contribution in [0.15, 0.2) is 47.4 Å². The minimum absolute atomic E-state index is 0.0215. The molecule has 1 aromatic carbocycles. The summed E-state index contributed by atoms with van der Waals surface area (Å²) >= 11 is 0. The van der Waals surface area contributed by atoms with Crippen molar-refractivity contribution in [1.82, 2.24) is 4.57 Å². The molecule has 0 aliphatic carbocycles. The van der Waals surface area contributed by atoms with Crippen LogP contribution in [0.25, 0.3) is 5.69 Å². The van der Waals surface area contributed by atoms with E-state index in [9.17, 15) is 4.79 Å². The molecule has 2 rings (SSSR count). The van der Waals surface area contributed by atoms with E-state index in [-0.39, 0.29) is 16.5 Å². The topological polar surface area (TPSA) is 48.0 Å². The molecule has 0 spiro atoms. The zero-order chi connectivity index (χ0) is 15.8. The first-order chi connectivity index (χ1) is 9.63. The van der Waals surface area contributed by atoms with Crippen LogP contribution in [0.5, 0.6) is 0 Å². The van der Waals surface area contributed by atoms with Gasteiger partial charge in [0.05, 0.1) is 0 Å². The molecular weight excluding hydrogens is 260 g/mol. The fraction of sp³-hybridized carbons (Fsp3) is 0.389. The van der Waals surface area contributed by atoms with Crippen molar-refractivity contribution in [2.75, 3.05) is 0 Å². The molecule has 0 aliphatic rings. The number of hydrogen-bond acceptors (Lipinski definition) is 2. The second-order valence-electron chi connectivity index (χ2n) is 6.81. The average molecular weight is 284 g/mol. The number of pyridine rings is 1. The van der Waals surface area contributed by atoms with E-state index in [4.69, 9.17) is 5.73 Å². The second-order valence-corrected chi connectivity index (χ2v) is 6.81. The maximum absolute atomic E-state index is 12.0. The lowest BCUT2D eigenvalue weighted by atomic mass is 9.70. The lowest BCUT2D eigenvalue weighted by Crippen LogP contribution is -2.50. The fourth-order valence-electron chi connectivity index (χ4n) is 2.21. The Bertz CT molecular complexity index is 688. The SMILES string of the molecule is Cc1ccc(=O)n(-c2ccc(C(C)(C)C(C)(C)N)cc2)c1. The molecular formula is C18H24N2O. The van der Waals surface area contributed by atoms with Crippen molar-refractivity contribution in [3.63, 3.8) is 0 Å². The largest absolute Gasteiger partial charge is 0.325 e. The zero-order valence-corrected chi connectivity index (χ0v) is 13.5. The van der Waals surface area contributed by atoms with Crippen LogP contribution in [0, 0.1) is 6.92 Å². The Morgan fingerprint density at radius 3 is 2.05 bits per heavy atom. The summed E-state index contributed by atoms with van der Waals surface area (Å²) in [6, 6.07) is 11.5. The zero-order valence-electron chi connectivity index (χ0n) is 13.5. The van der Waals surface area contributed by atoms with E-state index in [1.165, 1.54) is 5.56 Å². The van der Waals surface area contributed by atoms with Gasteiger partial charge in [0.25, 0.3) is 5.56 Å². The van der Waals surface area contributed by atoms with Gasteiger partial charge in [0.15, 0.2) is 0 Å². The molecule has 0 bridgehead atoms. The van der Waals surface area contributed by atoms with Crippen LogP contribution in [-0.2, 0) is 5.41 Å². The van der Waals surface area contributed by atoms with Gasteiger partial charge < -0.3 is 5.73 Å². The third-order valence-corrected chi connectivity index (χ3v) is 4.54. The first-order valence-corrected chi connectivity index (χ1v) is 7.22. The molecule has 0 saturated carbocycles. The summed E-state index contributed by atoms with van der Waals surface area (Å²) in [4.78, 5) is 12.0. The van der Waals surface area contributed by atoms with E-state index >= 15 is 0 Å². The highest BCUT2D eigenvalue weighted by Crippen LogP contribution is 2.33. The molecule has 3 nitrogen and oxygen atoms in total. The Balaban J connectivity index is 2.45. The minimum Gasteiger partial charge on any atom is -0.325 e. The predicted molar refractivity (Wildman–Crippen MR) is 88.1 cm³/mol. The highest BCUT2D eigenvalue weighted by atomic mass is 16.1. The molecule has 1 heterocycles. The number of nitrogens with two attached hydrogens (primary N) is 1. The molecule has 1 aromatic heterocycles. The molecule has 0 fully saturated rings. The van der Waals surface area contributed by atoms with Crippen LogP contribution in [0.3, 0.4) is 0 Å². The van der Waals surface area contributed by atoms with E-state index in [0.717, 1.165) is 11.3 Å². The highest BCUT2D eigenvalue weighted by Gasteiger charge is 2.34. The third kappa shape index (κ3) is 2.93. The normalized spacial score (nSPS) is 12.5. The number of rotatable bonds is 3. The molecule has 2 N–H and O–H groups in total. The first-order valence-electron chi connectivity index (χ1n) is 7.22. The Morgan fingerprint density at radius 1 is 0.952 bits per heavy atom. The maximum Gasteiger partial charge on any atom is 0.255 e. The van der Waals surface area contributed by atoms with E-state index < -0.39 is 0 Å². The number of aromatic nitrogens is 1. The average Bonchev–Trinajstić information content (AvgIpc) is 2.40. The molecule has 0 aliphatic heterocycles. The summed E-state index contributed by atoms with van der Waals surface area (Å²) < 4.78 is 1.67. The molecule has 112 valence electrons. The van der Waals surface area contributed by atoms with E-state index in [0.29, 0.717) is 0 Å². The number of aryl methyl sites for hydroxylation is 1. The quantitative estimate of drug-likeness (QED) is 0.941. The third-order valence-electron chi connectivity index (χ3n) is 4.54. The Kier molecular flexibility index (Phi) is 3.81. The van der Waals surface area contributed by atoms with Gasteiger partial charge in [0.1, 0.15) is 0 Å². The Morgan fingerprint density at radius 2 is 1.52 bits per heavy atom. The molecule has 0 atom stereocenters. The monoisotopic (exact) mass is 284 g/mol. The van der Waals surface area contributed by atoms with Crippen LogP contribution in [-0.4, -0.2) is 10.1 Å². The van der Waals surface area contributed by atoms with Gasteiger partial charge in [-0.2, -0.15) is 0 Å². The molecule has 0 unspecified atom stereocenters. The molecule has 0 saturated heterocycles. The van der Waals surface area contributed by atoms with Crippen molar-refractivity contribution in [3.05, 3.63) is 64.1 Å². The summed E-state index contributed by atoms with van der Waals surface area (Å²) in [6.07, 6.45) is 1.86. The van der Waals surface area contributed by atoms with E-state index in [1.807, 2.05) is 45.2 Å². The van der Waals surface area contributed by atoms with Crippen molar-refractivity contribution in [2.24, 2.45) is 5.73 Å². The molecule has 0 radical (unpaired) electrons. The first kappa shape index (κ1) is 15.5. The lowest BCUT2D eigenvalue weighted by molar-refractivity contribution is 0.306. The van der Waals surface area contributed by atoms with E-state index in [2.05, 4.69) is 26.0 Å². The van der Waals surface area contributed by atoms with Crippen LogP contribution in [0.2, 0.25) is 0 Å². The molecule has 3 heteroatoms. The van der Waals surface area contributed by atoms with Gasteiger partial charge in [-0.1, -0.05) is 32.0 Å². The lowest BCUT2D eigenvalue weighted by Gasteiger charge is -2.39. The summed E-state index contributed by atoms with van der Waals surface area (Å²) in [6.45, 7) is 10.3. The number of nitrogens with zero attached hydrogens (tertiary/aromatic N) is 1. The second kappa shape index (κ2) is 5.15. The number of benzene rings is 1. The molecule has 2 aromatic rings. The number of hydrogen-bond donors (Lipinski definition) is 1. The summed E-state index contributed by atoms with van der Waals surface area (Å²) in [7, 11) is 0. The van der Waals surface area contributed by atoms with Crippen molar-refractivity contribution < 1.29 is 0 Å². The smallest absolute Gasteiger partial charge is 0.255 e. The maximum atomic E-state index is 12.0. The van der Waals surface area contributed by atoms with Gasteiger partial charge in [-0.15, -0.1) is 0 Å². The standard InChI is InChI=1S/C18H24N2O/c1-13-6-11-16(21)20(12-13)15-9-7-14(8-10-15)17(2,3)18(4,5)19/h6-12H,19H2,1-5H3. The van der Waals surface area contributed by atoms with Gasteiger partial charge in [-0.05, 0) is 44.0 Å². The van der Waals surface area contributed by atoms with Gasteiger partial charge >= 0.3 is 0 Å². The summed E-state index contributed by atoms with van der Waals surface area (Å²) in [5.41, 5.74) is 8.88. The summed E-state index contributed by atoms with van der Waals surface area (Å²) in [5.74, 6) is 0. The highest BCUT2D eigenvalue weighted by molar-refractivity contribution is 5.39. The van der Waals surface area contributed by atoms with Gasteiger partial charge in [0.2, 0.25) is 0 Å². The Hall–Kier alpha value is -1.87. The van der Waals surface area contributed by atoms with Crippen molar-refractivity contribution in [2.45, 2.75) is 45.6 Å². The molecule has 21 heavy (non-hydrogen) atoms. The van der Waals surface area contributed by atoms with E-state index in [1.54, 1.807) is 10.6 Å². The minimum atomic E-state index is -0.325. The predicted octanol–water partition coefficient (Wildman–Crippen LogP) is 3.16. The van der Waals surface area contributed by atoms with Gasteiger partial charge in [0, 0.05) is 28.9 Å². The fourth-order valence-corrected chi connectivity index (χ4v) is 2.21. The van der Waals surface area contributed by atoms with Crippen LogP contribution < -0.4 is 11.3 Å². The van der Waals surface area contributed by atoms with Crippen molar-refractivity contribution in [1.29, 1.82) is 0 Å². The van der Waals surface area contributed by atoms with Gasteiger partial charge in [-0.25, -0.2) is 0 Å². The van der Waals surface area contributed by atoms with Crippen LogP contribution in [0.4, 0.5) is 0 Å². The van der Waals surface area contributed by atoms with Gasteiger partial charge in [-0.3, -0.25) is 9.36 Å².